The number of methoxy groups -OCH3 is 1. The van der Waals surface area contributed by atoms with Crippen LogP contribution >= 0.6 is 7.82 Å². The Morgan fingerprint density at radius 2 is 1.75 bits per heavy atom. The molecule has 3 rings (SSSR count). The molecule has 1 aromatic heterocycles. The Balaban J connectivity index is 1.78. The average Bonchev–Trinajstić information content (AvgIpc) is 3.91. The van der Waals surface area contributed by atoms with Gasteiger partial charge in [0, 0.05) is 50.9 Å². The zero-order valence-corrected chi connectivity index (χ0v) is 37.0. The maximum atomic E-state index is 14.2. The summed E-state index contributed by atoms with van der Waals surface area (Å²) < 4.78 is 26.4. The van der Waals surface area contributed by atoms with E-state index in [4.69, 9.17) is 20.0 Å². The minimum Gasteiger partial charge on any atom is -0.394 e. The molecule has 21 nitrogen and oxygen atoms in total. The molecule has 1 fully saturated rings. The van der Waals surface area contributed by atoms with Crippen molar-refractivity contribution in [2.45, 2.75) is 102 Å². The molecule has 4 amide bonds. The number of phosphoric ester groups is 1. The number of H-pyrrole nitrogens is 1. The topological polar surface area (TPSA) is 311 Å². The number of hydrogen-bond donors (Lipinski definition) is 7. The SMILES string of the molecule is COCCOCCC(=O)N1C[C@@H](O/N=C\CCc2ccccc2)C[C@H]1C(=O)N[C@@H](CC(C)C)C(=O)C[C@@H](Cc1cnc[nH]1)C(=O)N[C@@H](CO)C(=O)C[C@H](C(N)=O)C(C)OP(=O)(O)O. The van der Waals surface area contributed by atoms with E-state index in [0.717, 1.165) is 18.9 Å². The van der Waals surface area contributed by atoms with E-state index in [9.17, 15) is 48.2 Å². The number of amides is 4. The van der Waals surface area contributed by atoms with Gasteiger partial charge in [0.25, 0.3) is 0 Å². The number of aliphatic hydroxyl groups excluding tert-OH is 1. The number of nitrogens with one attached hydrogen (secondary N) is 3. The molecule has 63 heavy (non-hydrogen) atoms. The number of nitrogens with two attached hydrogens (primary N) is 1. The lowest BCUT2D eigenvalue weighted by molar-refractivity contribution is -0.140. The summed E-state index contributed by atoms with van der Waals surface area (Å²) in [6, 6.07) is 6.10. The number of carbonyl (C=O) groups excluding carboxylic acids is 6. The van der Waals surface area contributed by atoms with Crippen LogP contribution < -0.4 is 16.4 Å². The van der Waals surface area contributed by atoms with Gasteiger partial charge in [0.15, 0.2) is 11.6 Å². The van der Waals surface area contributed by atoms with Crippen molar-refractivity contribution in [1.29, 1.82) is 0 Å². The van der Waals surface area contributed by atoms with Crippen LogP contribution in [0.3, 0.4) is 0 Å². The second kappa shape index (κ2) is 26.7. The summed E-state index contributed by atoms with van der Waals surface area (Å²) in [6.45, 7) is 4.65. The Morgan fingerprint density at radius 1 is 1.03 bits per heavy atom. The number of aryl methyl sites for hydroxylation is 1. The van der Waals surface area contributed by atoms with Gasteiger partial charge in [-0.3, -0.25) is 33.3 Å². The Bertz CT molecular complexity index is 1850. The van der Waals surface area contributed by atoms with Gasteiger partial charge in [-0.25, -0.2) is 9.55 Å². The van der Waals surface area contributed by atoms with Crippen LogP contribution in [0.4, 0.5) is 0 Å². The van der Waals surface area contributed by atoms with Gasteiger partial charge in [0.1, 0.15) is 18.2 Å². The maximum Gasteiger partial charge on any atom is 0.469 e. The molecule has 1 aliphatic heterocycles. The number of aromatic amines is 1. The van der Waals surface area contributed by atoms with Crippen molar-refractivity contribution >= 4 is 49.2 Å². The highest BCUT2D eigenvalue weighted by Crippen LogP contribution is 2.39. The van der Waals surface area contributed by atoms with Crippen LogP contribution in [0.5, 0.6) is 0 Å². The first-order chi connectivity index (χ1) is 29.9. The van der Waals surface area contributed by atoms with E-state index >= 15 is 0 Å². The standard InChI is InChI=1S/C41H62N7O14P/c1-26(2)17-33(46-41(55)35-20-31(23-48(35)38(52)12-14-60-16-15-59-4)61-45-13-8-11-28-9-6-5-7-10-28)36(50)19-29(18-30-22-43-25-44-30)40(54)47-34(24-49)37(51)21-32(39(42)53)27(3)62-63(56,57)58/h5-7,9-10,13,22,25-27,29,31-35,49H,8,11-12,14-21,23-24H2,1-4H3,(H2,42,53)(H,43,44)(H,46,55)(H,47,54)(H2,56,57,58)/b45-13-/t27?,29-,31+,32+,33+,34+,35+/m1/s1. The summed E-state index contributed by atoms with van der Waals surface area (Å²) >= 11 is 0. The fourth-order valence-electron chi connectivity index (χ4n) is 6.98. The molecule has 0 aliphatic carbocycles. The second-order valence-corrected chi connectivity index (χ2v) is 16.9. The first-order valence-corrected chi connectivity index (χ1v) is 22.3. The van der Waals surface area contributed by atoms with E-state index in [-0.39, 0.29) is 57.3 Å². The highest BCUT2D eigenvalue weighted by molar-refractivity contribution is 7.46. The van der Waals surface area contributed by atoms with Gasteiger partial charge in [0.05, 0.1) is 69.7 Å². The van der Waals surface area contributed by atoms with E-state index in [1.165, 1.54) is 24.5 Å². The molecule has 7 atom stereocenters. The second-order valence-electron chi connectivity index (χ2n) is 15.8. The summed E-state index contributed by atoms with van der Waals surface area (Å²) in [7, 11) is -3.55. The molecule has 0 radical (unpaired) electrons. The van der Waals surface area contributed by atoms with Crippen molar-refractivity contribution in [2.24, 2.45) is 28.6 Å². The van der Waals surface area contributed by atoms with Crippen molar-refractivity contribution < 1.29 is 67.1 Å². The predicted molar refractivity (Wildman–Crippen MR) is 226 cm³/mol. The van der Waals surface area contributed by atoms with Crippen molar-refractivity contribution in [2.75, 3.05) is 40.1 Å². The first-order valence-electron chi connectivity index (χ1n) is 20.8. The number of primary amides is 1. The number of likely N-dealkylation sites (tertiary alicyclic amines) is 1. The van der Waals surface area contributed by atoms with E-state index in [1.807, 2.05) is 44.2 Å². The Morgan fingerprint density at radius 3 is 2.37 bits per heavy atom. The number of benzene rings is 1. The lowest BCUT2D eigenvalue weighted by Crippen LogP contribution is -2.52. The molecule has 2 aromatic rings. The quantitative estimate of drug-likeness (QED) is 0.0246. The summed E-state index contributed by atoms with van der Waals surface area (Å²) in [5.74, 6) is -7.16. The average molecular weight is 908 g/mol. The van der Waals surface area contributed by atoms with Crippen LogP contribution in [0.25, 0.3) is 0 Å². The number of Topliss-reactive ketones (excluding diaryl/α,β-unsaturated/α-hetero) is 2. The molecule has 0 spiro atoms. The number of phosphoric acid groups is 1. The molecule has 1 unspecified atom stereocenters. The number of ether oxygens (including phenoxy) is 2. The number of aliphatic hydroxyl groups is 1. The van der Waals surface area contributed by atoms with Gasteiger partial charge in [-0.15, -0.1) is 0 Å². The number of oxime groups is 1. The van der Waals surface area contributed by atoms with Crippen LogP contribution in [-0.2, 0) is 65.0 Å². The Labute approximate surface area is 366 Å². The molecule has 22 heteroatoms. The third-order valence-corrected chi connectivity index (χ3v) is 10.9. The fourth-order valence-corrected chi connectivity index (χ4v) is 7.56. The van der Waals surface area contributed by atoms with Gasteiger partial charge in [0.2, 0.25) is 23.6 Å². The zero-order valence-electron chi connectivity index (χ0n) is 36.1. The number of carbonyl (C=O) groups is 6. The normalized spacial score (nSPS) is 17.8. The lowest BCUT2D eigenvalue weighted by Gasteiger charge is -2.28. The van der Waals surface area contributed by atoms with Gasteiger partial charge >= 0.3 is 7.82 Å². The van der Waals surface area contributed by atoms with Gasteiger partial charge < -0.3 is 55.5 Å². The third-order valence-electron chi connectivity index (χ3n) is 10.3. The van der Waals surface area contributed by atoms with Crippen LogP contribution in [-0.4, -0.2) is 142 Å². The van der Waals surface area contributed by atoms with Gasteiger partial charge in [-0.1, -0.05) is 49.3 Å². The number of hydrogen-bond acceptors (Lipinski definition) is 14. The predicted octanol–water partition coefficient (Wildman–Crippen LogP) is 0.752. The van der Waals surface area contributed by atoms with Crippen LogP contribution in [0.1, 0.15) is 70.6 Å². The minimum absolute atomic E-state index is 0.0277. The third kappa shape index (κ3) is 18.8. The van der Waals surface area contributed by atoms with Gasteiger partial charge in [-0.2, -0.15) is 0 Å². The van der Waals surface area contributed by atoms with Crippen molar-refractivity contribution in [1.82, 2.24) is 25.5 Å². The number of imidazole rings is 1. The molecular weight excluding hydrogens is 845 g/mol. The first kappa shape index (κ1) is 52.5. The molecule has 8 N–H and O–H groups in total. The van der Waals surface area contributed by atoms with Crippen LogP contribution in [0, 0.1) is 17.8 Å². The van der Waals surface area contributed by atoms with Crippen molar-refractivity contribution in [3.63, 3.8) is 0 Å². The largest absolute Gasteiger partial charge is 0.469 e. The zero-order chi connectivity index (χ0) is 46.5. The molecule has 1 aromatic carbocycles. The van der Waals surface area contributed by atoms with E-state index in [2.05, 4.69) is 30.3 Å². The molecular formula is C41H62N7O14P. The summed E-state index contributed by atoms with van der Waals surface area (Å²) in [5, 5.41) is 19.5. The number of ketones is 2. The summed E-state index contributed by atoms with van der Waals surface area (Å²) in [5.41, 5.74) is 6.97. The monoisotopic (exact) mass is 907 g/mol. The number of rotatable bonds is 30. The molecule has 1 saturated heterocycles. The summed E-state index contributed by atoms with van der Waals surface area (Å²) in [6.07, 6.45) is 2.61. The van der Waals surface area contributed by atoms with Crippen molar-refractivity contribution in [3.05, 3.63) is 54.1 Å². The van der Waals surface area contributed by atoms with Crippen LogP contribution in [0.15, 0.2) is 48.0 Å². The highest BCUT2D eigenvalue weighted by atomic mass is 31.2. The van der Waals surface area contributed by atoms with E-state index < -0.39 is 98.7 Å². The lowest BCUT2D eigenvalue weighted by atomic mass is 9.89. The molecule has 0 saturated carbocycles. The maximum absolute atomic E-state index is 14.2. The van der Waals surface area contributed by atoms with E-state index in [0.29, 0.717) is 18.7 Å². The van der Waals surface area contributed by atoms with Crippen LogP contribution in [0.2, 0.25) is 0 Å². The van der Waals surface area contributed by atoms with E-state index in [1.54, 1.807) is 6.21 Å². The highest BCUT2D eigenvalue weighted by Gasteiger charge is 2.42. The number of aromatic nitrogens is 2. The summed E-state index contributed by atoms with van der Waals surface area (Å²) in [4.78, 5) is 113. The Kier molecular flexibility index (Phi) is 22.2. The molecule has 2 heterocycles. The van der Waals surface area contributed by atoms with Gasteiger partial charge in [-0.05, 0) is 37.7 Å². The van der Waals surface area contributed by atoms with Crippen molar-refractivity contribution in [3.8, 4) is 0 Å². The number of nitrogens with zero attached hydrogens (tertiary/aromatic N) is 3. The minimum atomic E-state index is -5.07. The Hall–Kier alpha value is -4.89. The molecule has 350 valence electrons. The molecule has 0 bridgehead atoms. The fraction of sp³-hybridized carbons (Fsp3) is 0.610. The smallest absolute Gasteiger partial charge is 0.394 e. The molecule has 1 aliphatic rings.